The number of nitrogens with one attached hydrogen (secondary N) is 2. The van der Waals surface area contributed by atoms with Gasteiger partial charge in [0.15, 0.2) is 6.61 Å². The standard InChI is InChI=1S/C29H33N3O4/c1-19-7-6-8-26(15-19)36-18-28(33)31-23(5)29(34)32-30-16-24-9-11-25(12-10-24)35-17-27-21(3)13-20(2)14-22(27)4/h6-16,23H,17-18H2,1-5H3,(H,31,33)(H,32,34)/t23-/m1/s1. The van der Waals surface area contributed by atoms with Gasteiger partial charge in [-0.1, -0.05) is 29.8 Å². The Morgan fingerprint density at radius 1 is 0.889 bits per heavy atom. The van der Waals surface area contributed by atoms with Crippen LogP contribution in [0, 0.1) is 27.7 Å². The monoisotopic (exact) mass is 487 g/mol. The van der Waals surface area contributed by atoms with Crippen molar-refractivity contribution in [3.63, 3.8) is 0 Å². The summed E-state index contributed by atoms with van der Waals surface area (Å²) in [6, 6.07) is 18.4. The van der Waals surface area contributed by atoms with Gasteiger partial charge < -0.3 is 14.8 Å². The molecule has 0 aromatic heterocycles. The van der Waals surface area contributed by atoms with E-state index in [2.05, 4.69) is 48.7 Å². The van der Waals surface area contributed by atoms with Crippen LogP contribution in [0.15, 0.2) is 65.8 Å². The molecule has 0 unspecified atom stereocenters. The fraction of sp³-hybridized carbons (Fsp3) is 0.276. The number of hydrogen-bond donors (Lipinski definition) is 2. The summed E-state index contributed by atoms with van der Waals surface area (Å²) in [5, 5.41) is 6.57. The first-order chi connectivity index (χ1) is 17.2. The lowest BCUT2D eigenvalue weighted by Gasteiger charge is -2.13. The van der Waals surface area contributed by atoms with Gasteiger partial charge >= 0.3 is 0 Å². The molecule has 0 spiro atoms. The molecule has 0 saturated heterocycles. The molecule has 0 radical (unpaired) electrons. The minimum absolute atomic E-state index is 0.179. The highest BCUT2D eigenvalue weighted by Crippen LogP contribution is 2.20. The molecule has 0 aliphatic rings. The van der Waals surface area contributed by atoms with E-state index in [0.717, 1.165) is 16.9 Å². The Labute approximate surface area is 212 Å². The number of ether oxygens (including phenoxy) is 2. The summed E-state index contributed by atoms with van der Waals surface area (Å²) in [4.78, 5) is 24.3. The van der Waals surface area contributed by atoms with Gasteiger partial charge in [-0.3, -0.25) is 9.59 Å². The van der Waals surface area contributed by atoms with Gasteiger partial charge in [-0.2, -0.15) is 5.10 Å². The Morgan fingerprint density at radius 2 is 1.58 bits per heavy atom. The summed E-state index contributed by atoms with van der Waals surface area (Å²) in [6.45, 7) is 10.1. The summed E-state index contributed by atoms with van der Waals surface area (Å²) in [7, 11) is 0. The van der Waals surface area contributed by atoms with Crippen LogP contribution in [0.5, 0.6) is 11.5 Å². The normalized spacial score (nSPS) is 11.7. The van der Waals surface area contributed by atoms with Crippen molar-refractivity contribution in [1.82, 2.24) is 10.7 Å². The molecule has 0 bridgehead atoms. The Kier molecular flexibility index (Phi) is 9.22. The molecule has 36 heavy (non-hydrogen) atoms. The Morgan fingerprint density at radius 3 is 2.25 bits per heavy atom. The number of hydrogen-bond acceptors (Lipinski definition) is 5. The largest absolute Gasteiger partial charge is 0.489 e. The maximum Gasteiger partial charge on any atom is 0.262 e. The van der Waals surface area contributed by atoms with Gasteiger partial charge in [-0.25, -0.2) is 5.43 Å². The van der Waals surface area contributed by atoms with Crippen LogP contribution in [0.25, 0.3) is 0 Å². The van der Waals surface area contributed by atoms with Crippen LogP contribution in [0.1, 0.15) is 40.3 Å². The molecule has 2 N–H and O–H groups in total. The third-order valence-corrected chi connectivity index (χ3v) is 5.62. The number of carbonyl (C=O) groups excluding carboxylic acids is 2. The quantitative estimate of drug-likeness (QED) is 0.325. The van der Waals surface area contributed by atoms with E-state index in [4.69, 9.17) is 9.47 Å². The van der Waals surface area contributed by atoms with Crippen LogP contribution < -0.4 is 20.2 Å². The summed E-state index contributed by atoms with van der Waals surface area (Å²) in [5.74, 6) is 0.525. The molecule has 1 atom stereocenters. The van der Waals surface area contributed by atoms with Crippen molar-refractivity contribution in [2.45, 2.75) is 47.3 Å². The second-order valence-corrected chi connectivity index (χ2v) is 8.86. The minimum atomic E-state index is -0.764. The first-order valence-corrected chi connectivity index (χ1v) is 11.8. The molecular formula is C29H33N3O4. The smallest absolute Gasteiger partial charge is 0.262 e. The third kappa shape index (κ3) is 7.98. The zero-order chi connectivity index (χ0) is 26.1. The van der Waals surface area contributed by atoms with Crippen molar-refractivity contribution in [1.29, 1.82) is 0 Å². The lowest BCUT2D eigenvalue weighted by atomic mass is 10.0. The van der Waals surface area contributed by atoms with Crippen molar-refractivity contribution >= 4 is 18.0 Å². The van der Waals surface area contributed by atoms with Crippen molar-refractivity contribution < 1.29 is 19.1 Å². The number of rotatable bonds is 10. The number of benzene rings is 3. The van der Waals surface area contributed by atoms with Crippen LogP contribution in [0.4, 0.5) is 0 Å². The fourth-order valence-electron chi connectivity index (χ4n) is 3.71. The Hall–Kier alpha value is -4.13. The number of nitrogens with zero attached hydrogens (tertiary/aromatic N) is 1. The Balaban J connectivity index is 1.42. The summed E-state index contributed by atoms with van der Waals surface area (Å²) >= 11 is 0. The van der Waals surface area contributed by atoms with Crippen LogP contribution in [0.3, 0.4) is 0 Å². The number of carbonyl (C=O) groups is 2. The van der Waals surface area contributed by atoms with E-state index >= 15 is 0 Å². The van der Waals surface area contributed by atoms with Crippen molar-refractivity contribution in [3.8, 4) is 11.5 Å². The molecule has 188 valence electrons. The van der Waals surface area contributed by atoms with E-state index < -0.39 is 17.9 Å². The van der Waals surface area contributed by atoms with E-state index in [1.54, 1.807) is 13.0 Å². The van der Waals surface area contributed by atoms with E-state index in [0.29, 0.717) is 12.4 Å². The van der Waals surface area contributed by atoms with Gasteiger partial charge in [-0.15, -0.1) is 0 Å². The average Bonchev–Trinajstić information content (AvgIpc) is 2.83. The molecule has 0 aliphatic heterocycles. The molecule has 7 heteroatoms. The van der Waals surface area contributed by atoms with Crippen LogP contribution in [-0.2, 0) is 16.2 Å². The fourth-order valence-corrected chi connectivity index (χ4v) is 3.71. The van der Waals surface area contributed by atoms with Gasteiger partial charge in [0, 0.05) is 0 Å². The van der Waals surface area contributed by atoms with Crippen molar-refractivity contribution in [3.05, 3.63) is 94.0 Å². The average molecular weight is 488 g/mol. The van der Waals surface area contributed by atoms with E-state index in [1.807, 2.05) is 49.4 Å². The number of hydrazone groups is 1. The second-order valence-electron chi connectivity index (χ2n) is 8.86. The van der Waals surface area contributed by atoms with Crippen molar-refractivity contribution in [2.24, 2.45) is 5.10 Å². The maximum atomic E-state index is 12.2. The van der Waals surface area contributed by atoms with Gasteiger partial charge in [0.25, 0.3) is 11.8 Å². The van der Waals surface area contributed by atoms with Gasteiger partial charge in [-0.05, 0) is 98.8 Å². The molecule has 0 heterocycles. The predicted molar refractivity (Wildman–Crippen MR) is 141 cm³/mol. The lowest BCUT2D eigenvalue weighted by Crippen LogP contribution is -2.45. The highest BCUT2D eigenvalue weighted by Gasteiger charge is 2.15. The topological polar surface area (TPSA) is 89.0 Å². The minimum Gasteiger partial charge on any atom is -0.489 e. The molecule has 2 amide bonds. The van der Waals surface area contributed by atoms with E-state index in [1.165, 1.54) is 28.5 Å². The SMILES string of the molecule is Cc1cccc(OCC(=O)N[C@H](C)C(=O)NN=Cc2ccc(OCc3c(C)cc(C)cc3C)cc2)c1. The molecule has 3 rings (SSSR count). The van der Waals surface area contributed by atoms with Gasteiger partial charge in [0.05, 0.1) is 6.21 Å². The van der Waals surface area contributed by atoms with Crippen LogP contribution >= 0.6 is 0 Å². The molecule has 0 saturated carbocycles. The number of amides is 2. The molecule has 3 aromatic rings. The van der Waals surface area contributed by atoms with Gasteiger partial charge in [0.2, 0.25) is 0 Å². The zero-order valence-electron chi connectivity index (χ0n) is 21.4. The molecule has 7 nitrogen and oxygen atoms in total. The van der Waals surface area contributed by atoms with Crippen LogP contribution in [0.2, 0.25) is 0 Å². The summed E-state index contributed by atoms with van der Waals surface area (Å²) in [6.07, 6.45) is 1.53. The molecule has 0 fully saturated rings. The van der Waals surface area contributed by atoms with Gasteiger partial charge in [0.1, 0.15) is 24.1 Å². The lowest BCUT2D eigenvalue weighted by molar-refractivity contribution is -0.129. The number of aryl methyl sites for hydroxylation is 4. The highest BCUT2D eigenvalue weighted by molar-refractivity contribution is 5.88. The Bertz CT molecular complexity index is 1210. The highest BCUT2D eigenvalue weighted by atomic mass is 16.5. The van der Waals surface area contributed by atoms with E-state index in [-0.39, 0.29) is 6.61 Å². The first kappa shape index (κ1) is 26.5. The predicted octanol–water partition coefficient (Wildman–Crippen LogP) is 4.53. The van der Waals surface area contributed by atoms with Crippen molar-refractivity contribution in [2.75, 3.05) is 6.61 Å². The summed E-state index contributed by atoms with van der Waals surface area (Å²) < 4.78 is 11.4. The van der Waals surface area contributed by atoms with E-state index in [9.17, 15) is 9.59 Å². The second kappa shape index (κ2) is 12.5. The summed E-state index contributed by atoms with van der Waals surface area (Å²) in [5.41, 5.74) is 9.15. The molecule has 0 aliphatic carbocycles. The van der Waals surface area contributed by atoms with Crippen LogP contribution in [-0.4, -0.2) is 30.7 Å². The first-order valence-electron chi connectivity index (χ1n) is 11.8. The maximum absolute atomic E-state index is 12.2. The third-order valence-electron chi connectivity index (χ3n) is 5.62. The molecular weight excluding hydrogens is 454 g/mol. The zero-order valence-corrected chi connectivity index (χ0v) is 21.4. The molecule has 3 aromatic carbocycles.